The first-order valence-corrected chi connectivity index (χ1v) is 5.25. The zero-order valence-corrected chi connectivity index (χ0v) is 9.76. The van der Waals surface area contributed by atoms with Crippen molar-refractivity contribution in [3.63, 3.8) is 0 Å². The van der Waals surface area contributed by atoms with Crippen LogP contribution in [0.3, 0.4) is 0 Å². The van der Waals surface area contributed by atoms with E-state index in [2.05, 4.69) is 5.32 Å². The van der Waals surface area contributed by atoms with Crippen LogP contribution in [0.15, 0.2) is 18.2 Å². The normalized spacial score (nSPS) is 14.4. The molecule has 0 bridgehead atoms. The van der Waals surface area contributed by atoms with Crippen LogP contribution in [0.25, 0.3) is 0 Å². The van der Waals surface area contributed by atoms with E-state index in [9.17, 15) is 18.7 Å². The van der Waals surface area contributed by atoms with Crippen molar-refractivity contribution in [1.82, 2.24) is 5.32 Å². The molecule has 17 heavy (non-hydrogen) atoms. The molecule has 3 nitrogen and oxygen atoms in total. The summed E-state index contributed by atoms with van der Waals surface area (Å²) in [6.07, 6.45) is 0.224. The molecule has 0 saturated carbocycles. The van der Waals surface area contributed by atoms with E-state index in [0.717, 1.165) is 6.07 Å². The lowest BCUT2D eigenvalue weighted by atomic mass is 9.79. The highest BCUT2D eigenvalue weighted by molar-refractivity contribution is 5.80. The van der Waals surface area contributed by atoms with Crippen LogP contribution >= 0.6 is 0 Å². The molecular formula is C12H15F2NO2. The number of aliphatic carboxylic acids is 1. The van der Waals surface area contributed by atoms with Crippen molar-refractivity contribution in [3.8, 4) is 0 Å². The molecule has 5 heteroatoms. The lowest BCUT2D eigenvalue weighted by Crippen LogP contribution is -2.36. The lowest BCUT2D eigenvalue weighted by Gasteiger charge is -2.25. The van der Waals surface area contributed by atoms with Gasteiger partial charge in [-0.2, -0.15) is 0 Å². The van der Waals surface area contributed by atoms with Crippen molar-refractivity contribution in [2.75, 3.05) is 13.6 Å². The fourth-order valence-electron chi connectivity index (χ4n) is 1.67. The van der Waals surface area contributed by atoms with Crippen molar-refractivity contribution in [1.29, 1.82) is 0 Å². The Morgan fingerprint density at radius 2 is 2.12 bits per heavy atom. The minimum atomic E-state index is -1.36. The Hall–Kier alpha value is -1.49. The van der Waals surface area contributed by atoms with E-state index in [4.69, 9.17) is 0 Å². The highest BCUT2D eigenvalue weighted by Crippen LogP contribution is 2.30. The van der Waals surface area contributed by atoms with E-state index >= 15 is 0 Å². The number of carboxylic acids is 1. The van der Waals surface area contributed by atoms with Crippen LogP contribution < -0.4 is 5.32 Å². The molecule has 0 fully saturated rings. The van der Waals surface area contributed by atoms with Crippen molar-refractivity contribution in [2.24, 2.45) is 0 Å². The maximum absolute atomic E-state index is 13.6. The molecule has 1 rings (SSSR count). The fraction of sp³-hybridized carbons (Fsp3) is 0.417. The van der Waals surface area contributed by atoms with E-state index in [-0.39, 0.29) is 12.0 Å². The van der Waals surface area contributed by atoms with Crippen LogP contribution in [0.5, 0.6) is 0 Å². The Balaban J connectivity index is 3.17. The molecule has 1 unspecified atom stereocenters. The van der Waals surface area contributed by atoms with Crippen LogP contribution in [-0.2, 0) is 10.2 Å². The van der Waals surface area contributed by atoms with Gasteiger partial charge in [0, 0.05) is 11.6 Å². The molecule has 0 aliphatic carbocycles. The van der Waals surface area contributed by atoms with E-state index in [0.29, 0.717) is 12.6 Å². The number of nitrogens with one attached hydrogen (secondary N) is 1. The van der Waals surface area contributed by atoms with Crippen LogP contribution in [0.2, 0.25) is 0 Å². The molecule has 0 aliphatic rings. The monoisotopic (exact) mass is 243 g/mol. The maximum Gasteiger partial charge on any atom is 0.313 e. The quantitative estimate of drug-likeness (QED) is 0.830. The predicted octanol–water partition coefficient (Wildman–Crippen LogP) is 1.92. The van der Waals surface area contributed by atoms with Crippen LogP contribution in [0.1, 0.15) is 18.9 Å². The van der Waals surface area contributed by atoms with Crippen molar-refractivity contribution < 1.29 is 18.7 Å². The van der Waals surface area contributed by atoms with Gasteiger partial charge in [0.25, 0.3) is 0 Å². The minimum Gasteiger partial charge on any atom is -0.481 e. The Kier molecular flexibility index (Phi) is 4.17. The third-order valence-corrected chi connectivity index (χ3v) is 2.87. The second kappa shape index (κ2) is 5.23. The van der Waals surface area contributed by atoms with Gasteiger partial charge in [-0.3, -0.25) is 4.79 Å². The second-order valence-corrected chi connectivity index (χ2v) is 4.11. The summed E-state index contributed by atoms with van der Waals surface area (Å²) in [5, 5.41) is 12.0. The Morgan fingerprint density at radius 3 is 2.59 bits per heavy atom. The topological polar surface area (TPSA) is 49.3 Å². The number of hydrogen-bond acceptors (Lipinski definition) is 2. The molecule has 1 aromatic rings. The smallest absolute Gasteiger partial charge is 0.313 e. The molecule has 2 N–H and O–H groups in total. The average Bonchev–Trinajstić information content (AvgIpc) is 2.25. The first-order chi connectivity index (χ1) is 7.91. The summed E-state index contributed by atoms with van der Waals surface area (Å²) in [5.41, 5.74) is -1.36. The highest BCUT2D eigenvalue weighted by atomic mass is 19.1. The molecule has 94 valence electrons. The predicted molar refractivity (Wildman–Crippen MR) is 59.9 cm³/mol. The summed E-state index contributed by atoms with van der Waals surface area (Å²) in [6, 6.07) is 2.96. The van der Waals surface area contributed by atoms with E-state index < -0.39 is 23.0 Å². The summed E-state index contributed by atoms with van der Waals surface area (Å²) >= 11 is 0. The van der Waals surface area contributed by atoms with Gasteiger partial charge in [0.05, 0.1) is 5.41 Å². The summed E-state index contributed by atoms with van der Waals surface area (Å²) in [5.74, 6) is -2.67. The first-order valence-electron chi connectivity index (χ1n) is 5.25. The van der Waals surface area contributed by atoms with E-state index in [1.807, 2.05) is 0 Å². The fourth-order valence-corrected chi connectivity index (χ4v) is 1.67. The number of rotatable bonds is 5. The average molecular weight is 243 g/mol. The van der Waals surface area contributed by atoms with Crippen molar-refractivity contribution in [3.05, 3.63) is 35.4 Å². The highest BCUT2D eigenvalue weighted by Gasteiger charge is 2.37. The molecular weight excluding hydrogens is 228 g/mol. The van der Waals surface area contributed by atoms with Gasteiger partial charge >= 0.3 is 5.97 Å². The molecule has 0 radical (unpaired) electrons. The molecule has 0 heterocycles. The molecule has 1 aromatic carbocycles. The van der Waals surface area contributed by atoms with E-state index in [1.165, 1.54) is 13.0 Å². The van der Waals surface area contributed by atoms with Crippen molar-refractivity contribution >= 4 is 5.97 Å². The van der Waals surface area contributed by atoms with Crippen LogP contribution in [-0.4, -0.2) is 24.7 Å². The Labute approximate surface area is 98.5 Å². The molecule has 0 saturated heterocycles. The zero-order valence-electron chi connectivity index (χ0n) is 9.76. The van der Waals surface area contributed by atoms with Gasteiger partial charge in [-0.25, -0.2) is 8.78 Å². The SMILES string of the molecule is CNCCC(C)(C(=O)O)c1ccc(F)cc1F. The zero-order chi connectivity index (χ0) is 13.1. The van der Waals surface area contributed by atoms with E-state index in [1.54, 1.807) is 7.05 Å². The van der Waals surface area contributed by atoms with Crippen molar-refractivity contribution in [2.45, 2.75) is 18.8 Å². The summed E-state index contributed by atoms with van der Waals surface area (Å²) in [6.45, 7) is 1.86. The van der Waals surface area contributed by atoms with Gasteiger partial charge < -0.3 is 10.4 Å². The van der Waals surface area contributed by atoms with Gasteiger partial charge in [-0.15, -0.1) is 0 Å². The lowest BCUT2D eigenvalue weighted by molar-refractivity contribution is -0.143. The Bertz CT molecular complexity index is 423. The summed E-state index contributed by atoms with van der Waals surface area (Å²) in [7, 11) is 1.68. The van der Waals surface area contributed by atoms with Gasteiger partial charge in [0.2, 0.25) is 0 Å². The molecule has 0 aromatic heterocycles. The molecule has 0 aliphatic heterocycles. The number of carbonyl (C=O) groups is 1. The molecule has 1 atom stereocenters. The minimum absolute atomic E-state index is 0.00153. The van der Waals surface area contributed by atoms with Gasteiger partial charge in [-0.1, -0.05) is 6.07 Å². The summed E-state index contributed by atoms with van der Waals surface area (Å²) in [4.78, 5) is 11.3. The number of hydrogen-bond donors (Lipinski definition) is 2. The number of benzene rings is 1. The number of halogens is 2. The van der Waals surface area contributed by atoms with Gasteiger partial charge in [-0.05, 0) is 33.0 Å². The summed E-state index contributed by atoms with van der Waals surface area (Å²) < 4.78 is 26.4. The van der Waals surface area contributed by atoms with Gasteiger partial charge in [0.1, 0.15) is 11.6 Å². The molecule has 0 amide bonds. The molecule has 0 spiro atoms. The number of carboxylic acid groups (broad SMARTS) is 1. The van der Waals surface area contributed by atoms with Gasteiger partial charge in [0.15, 0.2) is 0 Å². The van der Waals surface area contributed by atoms with Crippen LogP contribution in [0.4, 0.5) is 8.78 Å². The largest absolute Gasteiger partial charge is 0.481 e. The maximum atomic E-state index is 13.6. The third kappa shape index (κ3) is 2.79. The standard InChI is InChI=1S/C12H15F2NO2/c1-12(11(16)17,5-6-15-2)9-4-3-8(13)7-10(9)14/h3-4,7,15H,5-6H2,1-2H3,(H,16,17). The Morgan fingerprint density at radius 1 is 1.47 bits per heavy atom. The van der Waals surface area contributed by atoms with Crippen LogP contribution in [0, 0.1) is 11.6 Å². The first kappa shape index (κ1) is 13.6. The third-order valence-electron chi connectivity index (χ3n) is 2.87. The second-order valence-electron chi connectivity index (χ2n) is 4.11.